The van der Waals surface area contributed by atoms with Crippen molar-refractivity contribution in [3.8, 4) is 5.75 Å². The van der Waals surface area contributed by atoms with Crippen molar-refractivity contribution >= 4 is 11.8 Å². The number of benzene rings is 1. The van der Waals surface area contributed by atoms with Crippen LogP contribution in [-0.4, -0.2) is 28.8 Å². The highest BCUT2D eigenvalue weighted by Gasteiger charge is 2.03. The van der Waals surface area contributed by atoms with E-state index >= 15 is 0 Å². The fourth-order valence-electron chi connectivity index (χ4n) is 1.66. The molecule has 6 heteroatoms. The Morgan fingerprint density at radius 3 is 2.95 bits per heavy atom. The van der Waals surface area contributed by atoms with E-state index in [0.717, 1.165) is 11.3 Å². The summed E-state index contributed by atoms with van der Waals surface area (Å²) in [5, 5.41) is 14.0. The van der Waals surface area contributed by atoms with Crippen LogP contribution in [0.15, 0.2) is 43.1 Å². The molecule has 1 heterocycles. The molecule has 0 fully saturated rings. The molecule has 0 aliphatic rings. The molecule has 0 atom stereocenters. The Hall–Kier alpha value is -2.63. The topological polar surface area (TPSA) is 72.0 Å². The number of nitrogens with one attached hydrogen (secondary N) is 2. The van der Waals surface area contributed by atoms with Crippen molar-refractivity contribution in [2.24, 2.45) is 0 Å². The van der Waals surface area contributed by atoms with Crippen LogP contribution in [0.2, 0.25) is 0 Å². The van der Waals surface area contributed by atoms with Gasteiger partial charge in [0.15, 0.2) is 5.82 Å². The van der Waals surface area contributed by atoms with Gasteiger partial charge in [0.1, 0.15) is 5.75 Å². The standard InChI is InChI=1S/C14H17N5O/c1-3-8-15-14-18-13(10-17-19-14)16-9-11-6-4-5-7-12(11)20-2/h3-7,10H,1,8-9H2,2H3,(H2,15,16,18,19). The van der Waals surface area contributed by atoms with E-state index in [1.54, 1.807) is 19.4 Å². The lowest BCUT2D eigenvalue weighted by molar-refractivity contribution is 0.410. The number of nitrogens with zero attached hydrogens (tertiary/aromatic N) is 3. The fraction of sp³-hybridized carbons (Fsp3) is 0.214. The summed E-state index contributed by atoms with van der Waals surface area (Å²) < 4.78 is 5.30. The first-order chi connectivity index (χ1) is 9.83. The van der Waals surface area contributed by atoms with Gasteiger partial charge in [-0.05, 0) is 6.07 Å². The summed E-state index contributed by atoms with van der Waals surface area (Å²) in [6.07, 6.45) is 3.31. The lowest BCUT2D eigenvalue weighted by Crippen LogP contribution is -2.08. The first-order valence-corrected chi connectivity index (χ1v) is 6.23. The number of anilines is 2. The molecule has 0 aliphatic carbocycles. The quantitative estimate of drug-likeness (QED) is 0.751. The molecule has 0 saturated carbocycles. The molecule has 2 rings (SSSR count). The fourth-order valence-corrected chi connectivity index (χ4v) is 1.66. The number of hydrogen-bond acceptors (Lipinski definition) is 6. The number of rotatable bonds is 7. The molecule has 1 aromatic carbocycles. The zero-order chi connectivity index (χ0) is 14.2. The third-order valence-electron chi connectivity index (χ3n) is 2.62. The minimum Gasteiger partial charge on any atom is -0.496 e. The average Bonchev–Trinajstić information content (AvgIpc) is 2.51. The maximum absolute atomic E-state index is 5.30. The smallest absolute Gasteiger partial charge is 0.244 e. The van der Waals surface area contributed by atoms with Crippen molar-refractivity contribution in [1.29, 1.82) is 0 Å². The zero-order valence-corrected chi connectivity index (χ0v) is 11.3. The highest BCUT2D eigenvalue weighted by Crippen LogP contribution is 2.18. The van der Waals surface area contributed by atoms with Gasteiger partial charge in [0.05, 0.1) is 13.3 Å². The molecule has 0 aliphatic heterocycles. The third kappa shape index (κ3) is 3.68. The summed E-state index contributed by atoms with van der Waals surface area (Å²) in [6.45, 7) is 4.82. The number of para-hydroxylation sites is 1. The van der Waals surface area contributed by atoms with Gasteiger partial charge >= 0.3 is 0 Å². The third-order valence-corrected chi connectivity index (χ3v) is 2.62. The number of methoxy groups -OCH3 is 1. The Labute approximate surface area is 117 Å². The predicted octanol–water partition coefficient (Wildman–Crippen LogP) is 2.09. The molecule has 6 nitrogen and oxygen atoms in total. The van der Waals surface area contributed by atoms with Gasteiger partial charge in [0.2, 0.25) is 5.95 Å². The van der Waals surface area contributed by atoms with Gasteiger partial charge in [0.25, 0.3) is 0 Å². The largest absolute Gasteiger partial charge is 0.496 e. The Bertz CT molecular complexity index is 573. The summed E-state index contributed by atoms with van der Waals surface area (Å²) in [5.41, 5.74) is 1.05. The van der Waals surface area contributed by atoms with Crippen LogP contribution in [0, 0.1) is 0 Å². The van der Waals surface area contributed by atoms with Crippen LogP contribution in [0.1, 0.15) is 5.56 Å². The van der Waals surface area contributed by atoms with E-state index in [2.05, 4.69) is 32.4 Å². The van der Waals surface area contributed by atoms with Gasteiger partial charge in [-0.2, -0.15) is 10.1 Å². The normalized spacial score (nSPS) is 9.85. The van der Waals surface area contributed by atoms with Gasteiger partial charge in [-0.3, -0.25) is 0 Å². The second-order valence-corrected chi connectivity index (χ2v) is 4.00. The van der Waals surface area contributed by atoms with Crippen molar-refractivity contribution in [3.63, 3.8) is 0 Å². The maximum Gasteiger partial charge on any atom is 0.244 e. The van der Waals surface area contributed by atoms with Crippen molar-refractivity contribution in [1.82, 2.24) is 15.2 Å². The van der Waals surface area contributed by atoms with Crippen LogP contribution in [0.4, 0.5) is 11.8 Å². The van der Waals surface area contributed by atoms with E-state index in [9.17, 15) is 0 Å². The number of hydrogen-bond donors (Lipinski definition) is 2. The van der Waals surface area contributed by atoms with Crippen LogP contribution in [-0.2, 0) is 6.54 Å². The lowest BCUT2D eigenvalue weighted by atomic mass is 10.2. The molecular weight excluding hydrogens is 254 g/mol. The highest BCUT2D eigenvalue weighted by molar-refractivity contribution is 5.41. The average molecular weight is 271 g/mol. The molecule has 0 saturated heterocycles. The number of aromatic nitrogens is 3. The first kappa shape index (κ1) is 13.8. The molecule has 20 heavy (non-hydrogen) atoms. The Balaban J connectivity index is 2.01. The summed E-state index contributed by atoms with van der Waals surface area (Å²) >= 11 is 0. The Kier molecular flexibility index (Phi) is 4.88. The lowest BCUT2D eigenvalue weighted by Gasteiger charge is -2.10. The molecule has 2 aromatic rings. The molecule has 0 amide bonds. The van der Waals surface area contributed by atoms with E-state index < -0.39 is 0 Å². The predicted molar refractivity (Wildman–Crippen MR) is 78.8 cm³/mol. The molecule has 0 radical (unpaired) electrons. The summed E-state index contributed by atoms with van der Waals surface area (Å²) in [7, 11) is 1.66. The van der Waals surface area contributed by atoms with Crippen LogP contribution in [0.5, 0.6) is 5.75 Å². The molecule has 1 aromatic heterocycles. The Morgan fingerprint density at radius 2 is 2.15 bits per heavy atom. The van der Waals surface area contributed by atoms with Gasteiger partial charge in [-0.15, -0.1) is 11.7 Å². The molecule has 104 valence electrons. The second-order valence-electron chi connectivity index (χ2n) is 4.00. The van der Waals surface area contributed by atoms with Crippen LogP contribution in [0.3, 0.4) is 0 Å². The first-order valence-electron chi connectivity index (χ1n) is 6.23. The van der Waals surface area contributed by atoms with Crippen molar-refractivity contribution < 1.29 is 4.74 Å². The maximum atomic E-state index is 5.30. The zero-order valence-electron chi connectivity index (χ0n) is 11.3. The summed E-state index contributed by atoms with van der Waals surface area (Å²) in [6, 6.07) is 7.82. The van der Waals surface area contributed by atoms with Gasteiger partial charge in [-0.25, -0.2) is 0 Å². The molecule has 0 spiro atoms. The monoisotopic (exact) mass is 271 g/mol. The molecule has 0 bridgehead atoms. The van der Waals surface area contributed by atoms with Crippen LogP contribution < -0.4 is 15.4 Å². The summed E-state index contributed by atoms with van der Waals surface area (Å²) in [4.78, 5) is 4.30. The van der Waals surface area contributed by atoms with Gasteiger partial charge in [-0.1, -0.05) is 24.3 Å². The minimum atomic E-state index is 0.468. The SMILES string of the molecule is C=CCNc1nncc(NCc2ccccc2OC)n1. The van der Waals surface area contributed by atoms with E-state index in [4.69, 9.17) is 4.74 Å². The van der Waals surface area contributed by atoms with Crippen molar-refractivity contribution in [2.75, 3.05) is 24.3 Å². The molecule has 0 unspecified atom stereocenters. The highest BCUT2D eigenvalue weighted by atomic mass is 16.5. The van der Waals surface area contributed by atoms with Crippen molar-refractivity contribution in [3.05, 3.63) is 48.7 Å². The van der Waals surface area contributed by atoms with Crippen LogP contribution in [0.25, 0.3) is 0 Å². The van der Waals surface area contributed by atoms with E-state index in [0.29, 0.717) is 24.9 Å². The second kappa shape index (κ2) is 7.08. The molecular formula is C14H17N5O. The van der Waals surface area contributed by atoms with Gasteiger partial charge < -0.3 is 15.4 Å². The van der Waals surface area contributed by atoms with E-state index in [-0.39, 0.29) is 0 Å². The van der Waals surface area contributed by atoms with Crippen molar-refractivity contribution in [2.45, 2.75) is 6.54 Å². The minimum absolute atomic E-state index is 0.468. The van der Waals surface area contributed by atoms with E-state index in [1.807, 2.05) is 24.3 Å². The van der Waals surface area contributed by atoms with Crippen LogP contribution >= 0.6 is 0 Å². The summed E-state index contributed by atoms with van der Waals surface area (Å²) in [5.74, 6) is 1.96. The van der Waals surface area contributed by atoms with E-state index in [1.165, 1.54) is 0 Å². The molecule has 2 N–H and O–H groups in total. The Morgan fingerprint density at radius 1 is 1.30 bits per heavy atom. The van der Waals surface area contributed by atoms with Gasteiger partial charge in [0, 0.05) is 18.7 Å². The number of ether oxygens (including phenoxy) is 1.